The van der Waals surface area contributed by atoms with Gasteiger partial charge < -0.3 is 9.51 Å². The van der Waals surface area contributed by atoms with Crippen molar-refractivity contribution in [1.29, 1.82) is 0 Å². The van der Waals surface area contributed by atoms with Crippen molar-refractivity contribution in [2.45, 2.75) is 32.8 Å². The topological polar surface area (TPSA) is 37.5 Å². The van der Waals surface area contributed by atoms with Crippen LogP contribution in [0.1, 0.15) is 42.0 Å². The third-order valence-electron chi connectivity index (χ3n) is 3.87. The van der Waals surface area contributed by atoms with Gasteiger partial charge in [-0.05, 0) is 42.7 Å². The number of aryl methyl sites for hydroxylation is 1. The maximum atomic E-state index is 10.4. The molecule has 0 aliphatic heterocycles. The Morgan fingerprint density at radius 2 is 1.91 bits per heavy atom. The standard InChI is InChI=1S/C18H19ClN2O/c1-3-16(22)18-15(10-13-5-7-14(19)8-6-13)20-17-9-4-12(2)11-21(17)18/h4-9,11,16,22H,3,10H2,1-2H3. The summed E-state index contributed by atoms with van der Waals surface area (Å²) in [4.78, 5) is 4.71. The fourth-order valence-electron chi connectivity index (χ4n) is 2.69. The van der Waals surface area contributed by atoms with E-state index in [-0.39, 0.29) is 0 Å². The van der Waals surface area contributed by atoms with Gasteiger partial charge in [0.05, 0.1) is 17.5 Å². The molecule has 0 spiro atoms. The highest BCUT2D eigenvalue weighted by atomic mass is 35.5. The molecule has 1 unspecified atom stereocenters. The summed E-state index contributed by atoms with van der Waals surface area (Å²) in [5, 5.41) is 11.2. The number of halogens is 1. The first-order chi connectivity index (χ1) is 10.6. The van der Waals surface area contributed by atoms with Crippen molar-refractivity contribution in [3.63, 3.8) is 0 Å². The molecule has 3 rings (SSSR count). The van der Waals surface area contributed by atoms with Crippen LogP contribution in [0, 0.1) is 6.92 Å². The van der Waals surface area contributed by atoms with Gasteiger partial charge in [0.25, 0.3) is 0 Å². The average molecular weight is 315 g/mol. The molecule has 0 amide bonds. The highest BCUT2D eigenvalue weighted by Crippen LogP contribution is 2.25. The van der Waals surface area contributed by atoms with Gasteiger partial charge in [-0.3, -0.25) is 0 Å². The molecule has 114 valence electrons. The lowest BCUT2D eigenvalue weighted by atomic mass is 10.1. The minimum Gasteiger partial charge on any atom is -0.387 e. The number of pyridine rings is 1. The van der Waals surface area contributed by atoms with Crippen molar-refractivity contribution in [3.05, 3.63) is 70.1 Å². The molecular weight excluding hydrogens is 296 g/mol. The van der Waals surface area contributed by atoms with E-state index >= 15 is 0 Å². The normalized spacial score (nSPS) is 12.7. The summed E-state index contributed by atoms with van der Waals surface area (Å²) in [6.45, 7) is 4.02. The Bertz CT molecular complexity index is 793. The van der Waals surface area contributed by atoms with E-state index in [0.717, 1.165) is 33.2 Å². The largest absolute Gasteiger partial charge is 0.387 e. The Hall–Kier alpha value is -1.84. The zero-order chi connectivity index (χ0) is 15.7. The first-order valence-electron chi connectivity index (χ1n) is 7.48. The number of aliphatic hydroxyl groups is 1. The Balaban J connectivity index is 2.09. The van der Waals surface area contributed by atoms with Gasteiger partial charge in [-0.1, -0.05) is 36.7 Å². The van der Waals surface area contributed by atoms with Crippen molar-refractivity contribution in [2.75, 3.05) is 0 Å². The Kier molecular flexibility index (Phi) is 4.19. The van der Waals surface area contributed by atoms with Gasteiger partial charge in [-0.25, -0.2) is 4.98 Å². The molecule has 1 aromatic carbocycles. The summed E-state index contributed by atoms with van der Waals surface area (Å²) < 4.78 is 2.01. The molecule has 22 heavy (non-hydrogen) atoms. The number of rotatable bonds is 4. The van der Waals surface area contributed by atoms with Crippen LogP contribution in [0.25, 0.3) is 5.65 Å². The van der Waals surface area contributed by atoms with Gasteiger partial charge in [-0.15, -0.1) is 0 Å². The SMILES string of the molecule is CCC(O)c1c(Cc2ccc(Cl)cc2)nc2ccc(C)cn12. The van der Waals surface area contributed by atoms with Crippen LogP contribution in [-0.2, 0) is 6.42 Å². The van der Waals surface area contributed by atoms with E-state index in [1.165, 1.54) is 0 Å². The van der Waals surface area contributed by atoms with E-state index < -0.39 is 6.10 Å². The fraction of sp³-hybridized carbons (Fsp3) is 0.278. The highest BCUT2D eigenvalue weighted by Gasteiger charge is 2.18. The molecule has 0 aliphatic carbocycles. The van der Waals surface area contributed by atoms with E-state index in [1.807, 2.05) is 60.8 Å². The molecule has 2 heterocycles. The molecule has 3 nitrogen and oxygen atoms in total. The Morgan fingerprint density at radius 3 is 2.59 bits per heavy atom. The zero-order valence-electron chi connectivity index (χ0n) is 12.8. The maximum absolute atomic E-state index is 10.4. The molecule has 0 saturated heterocycles. The minimum absolute atomic E-state index is 0.515. The van der Waals surface area contributed by atoms with Gasteiger partial charge in [0, 0.05) is 17.6 Å². The minimum atomic E-state index is -0.515. The molecule has 0 bridgehead atoms. The summed E-state index contributed by atoms with van der Waals surface area (Å²) in [5.74, 6) is 0. The molecule has 0 fully saturated rings. The van der Waals surface area contributed by atoms with E-state index in [0.29, 0.717) is 12.8 Å². The average Bonchev–Trinajstić information content (AvgIpc) is 2.86. The van der Waals surface area contributed by atoms with E-state index in [9.17, 15) is 5.11 Å². The first kappa shape index (κ1) is 15.1. The molecular formula is C18H19ClN2O. The summed E-state index contributed by atoms with van der Waals surface area (Å²) in [6, 6.07) is 11.8. The predicted molar refractivity (Wildman–Crippen MR) is 89.4 cm³/mol. The van der Waals surface area contributed by atoms with Crippen LogP contribution in [-0.4, -0.2) is 14.5 Å². The Morgan fingerprint density at radius 1 is 1.18 bits per heavy atom. The number of fused-ring (bicyclic) bond motifs is 1. The van der Waals surface area contributed by atoms with Crippen LogP contribution in [0.3, 0.4) is 0 Å². The van der Waals surface area contributed by atoms with Crippen molar-refractivity contribution in [1.82, 2.24) is 9.38 Å². The first-order valence-corrected chi connectivity index (χ1v) is 7.86. The summed E-state index contributed by atoms with van der Waals surface area (Å²) in [5.41, 5.74) is 4.96. The van der Waals surface area contributed by atoms with Gasteiger partial charge in [0.15, 0.2) is 0 Å². The smallest absolute Gasteiger partial charge is 0.137 e. The molecule has 3 aromatic rings. The van der Waals surface area contributed by atoms with Gasteiger partial charge in [0.1, 0.15) is 5.65 Å². The molecule has 4 heteroatoms. The lowest BCUT2D eigenvalue weighted by molar-refractivity contribution is 0.167. The predicted octanol–water partition coefficient (Wildman–Crippen LogP) is 4.33. The highest BCUT2D eigenvalue weighted by molar-refractivity contribution is 6.30. The van der Waals surface area contributed by atoms with Gasteiger partial charge in [-0.2, -0.15) is 0 Å². The summed E-state index contributed by atoms with van der Waals surface area (Å²) in [6.07, 6.45) is 2.86. The van der Waals surface area contributed by atoms with Crippen LogP contribution in [0.5, 0.6) is 0 Å². The molecule has 0 radical (unpaired) electrons. The van der Waals surface area contributed by atoms with Crippen molar-refractivity contribution in [2.24, 2.45) is 0 Å². The second kappa shape index (κ2) is 6.11. The number of hydrogen-bond donors (Lipinski definition) is 1. The number of hydrogen-bond acceptors (Lipinski definition) is 2. The van der Waals surface area contributed by atoms with Crippen LogP contribution < -0.4 is 0 Å². The van der Waals surface area contributed by atoms with Crippen LogP contribution in [0.15, 0.2) is 42.6 Å². The number of aliphatic hydroxyl groups excluding tert-OH is 1. The van der Waals surface area contributed by atoms with Crippen molar-refractivity contribution < 1.29 is 5.11 Å². The maximum Gasteiger partial charge on any atom is 0.137 e. The zero-order valence-corrected chi connectivity index (χ0v) is 13.5. The fourth-order valence-corrected chi connectivity index (χ4v) is 2.82. The van der Waals surface area contributed by atoms with Crippen molar-refractivity contribution in [3.8, 4) is 0 Å². The number of benzene rings is 1. The van der Waals surface area contributed by atoms with Gasteiger partial charge in [0.2, 0.25) is 0 Å². The quantitative estimate of drug-likeness (QED) is 0.778. The third-order valence-corrected chi connectivity index (χ3v) is 4.12. The Labute approximate surface area is 135 Å². The van der Waals surface area contributed by atoms with Gasteiger partial charge >= 0.3 is 0 Å². The van der Waals surface area contributed by atoms with Crippen LogP contribution in [0.2, 0.25) is 5.02 Å². The second-order valence-corrected chi connectivity index (χ2v) is 6.04. The third kappa shape index (κ3) is 2.87. The van der Waals surface area contributed by atoms with E-state index in [2.05, 4.69) is 0 Å². The van der Waals surface area contributed by atoms with E-state index in [4.69, 9.17) is 16.6 Å². The molecule has 2 aromatic heterocycles. The second-order valence-electron chi connectivity index (χ2n) is 5.61. The lowest BCUT2D eigenvalue weighted by Crippen LogP contribution is -2.05. The number of imidazole rings is 1. The monoisotopic (exact) mass is 314 g/mol. The molecule has 0 aliphatic rings. The molecule has 1 atom stereocenters. The van der Waals surface area contributed by atoms with Crippen molar-refractivity contribution >= 4 is 17.2 Å². The van der Waals surface area contributed by atoms with Crippen LogP contribution in [0.4, 0.5) is 0 Å². The number of aromatic nitrogens is 2. The lowest BCUT2D eigenvalue weighted by Gasteiger charge is -2.11. The summed E-state index contributed by atoms with van der Waals surface area (Å²) >= 11 is 5.94. The number of nitrogens with zero attached hydrogens (tertiary/aromatic N) is 2. The molecule has 0 saturated carbocycles. The molecule has 1 N–H and O–H groups in total. The van der Waals surface area contributed by atoms with E-state index in [1.54, 1.807) is 0 Å². The summed E-state index contributed by atoms with van der Waals surface area (Å²) in [7, 11) is 0. The van der Waals surface area contributed by atoms with Crippen LogP contribution >= 0.6 is 11.6 Å².